The predicted molar refractivity (Wildman–Crippen MR) is 85.2 cm³/mol. The lowest BCUT2D eigenvalue weighted by Crippen LogP contribution is -2.24. The Bertz CT molecular complexity index is 825. The smallest absolute Gasteiger partial charge is 0.227 e. The molecule has 1 aliphatic rings. The molecule has 4 rings (SSSR count). The molecule has 0 aliphatic carbocycles. The van der Waals surface area contributed by atoms with E-state index in [2.05, 4.69) is 4.98 Å². The zero-order chi connectivity index (χ0) is 15.1. The fraction of sp³-hybridized carbons (Fsp3) is 0.176. The molecule has 0 bridgehead atoms. The van der Waals surface area contributed by atoms with E-state index in [4.69, 9.17) is 16.0 Å². The predicted octanol–water partition coefficient (Wildman–Crippen LogP) is 4.00. The highest BCUT2D eigenvalue weighted by Gasteiger charge is 2.35. The van der Waals surface area contributed by atoms with Crippen molar-refractivity contribution in [3.05, 3.63) is 59.4 Å². The number of fused-ring (bicyclic) bond motifs is 1. The van der Waals surface area contributed by atoms with Gasteiger partial charge in [0.05, 0.1) is 16.6 Å². The Morgan fingerprint density at radius 2 is 1.91 bits per heavy atom. The van der Waals surface area contributed by atoms with Gasteiger partial charge in [0.25, 0.3) is 0 Å². The Morgan fingerprint density at radius 3 is 2.73 bits per heavy atom. The van der Waals surface area contributed by atoms with Gasteiger partial charge >= 0.3 is 0 Å². The lowest BCUT2D eigenvalue weighted by atomic mass is 10.1. The second-order valence-electron chi connectivity index (χ2n) is 5.38. The van der Waals surface area contributed by atoms with Gasteiger partial charge in [-0.05, 0) is 24.3 Å². The number of oxazole rings is 1. The summed E-state index contributed by atoms with van der Waals surface area (Å²) >= 11 is 6.19. The van der Waals surface area contributed by atoms with Crippen LogP contribution in [-0.4, -0.2) is 17.4 Å². The van der Waals surface area contributed by atoms with Crippen molar-refractivity contribution in [3.63, 3.8) is 0 Å². The third-order valence-electron chi connectivity index (χ3n) is 3.93. The van der Waals surface area contributed by atoms with Crippen molar-refractivity contribution in [1.29, 1.82) is 0 Å². The van der Waals surface area contributed by atoms with Gasteiger partial charge in [-0.2, -0.15) is 0 Å². The number of hydrogen-bond acceptors (Lipinski definition) is 3. The third-order valence-corrected chi connectivity index (χ3v) is 4.25. The summed E-state index contributed by atoms with van der Waals surface area (Å²) in [5.74, 6) is 0.612. The molecule has 4 nitrogen and oxygen atoms in total. The van der Waals surface area contributed by atoms with Gasteiger partial charge in [0.2, 0.25) is 11.8 Å². The molecule has 22 heavy (non-hydrogen) atoms. The number of anilines is 1. The van der Waals surface area contributed by atoms with E-state index in [1.807, 2.05) is 42.5 Å². The molecule has 0 radical (unpaired) electrons. The molecule has 110 valence electrons. The molecule has 0 saturated carbocycles. The maximum Gasteiger partial charge on any atom is 0.227 e. The number of halogens is 1. The van der Waals surface area contributed by atoms with Crippen LogP contribution in [0.5, 0.6) is 0 Å². The molecular formula is C17H13ClN2O2. The van der Waals surface area contributed by atoms with Gasteiger partial charge in [0.1, 0.15) is 5.52 Å². The SMILES string of the molecule is O=C1C[C@@H](c2nc3ccccc3o2)CN1c1ccccc1Cl. The topological polar surface area (TPSA) is 46.3 Å². The summed E-state index contributed by atoms with van der Waals surface area (Å²) in [5.41, 5.74) is 2.31. The first-order valence-corrected chi connectivity index (χ1v) is 7.50. The first-order chi connectivity index (χ1) is 10.7. The molecule has 1 aliphatic heterocycles. The van der Waals surface area contributed by atoms with E-state index in [0.29, 0.717) is 23.9 Å². The van der Waals surface area contributed by atoms with Crippen LogP contribution in [0.2, 0.25) is 5.02 Å². The monoisotopic (exact) mass is 312 g/mol. The molecular weight excluding hydrogens is 300 g/mol. The van der Waals surface area contributed by atoms with Crippen molar-refractivity contribution in [2.24, 2.45) is 0 Å². The van der Waals surface area contributed by atoms with E-state index in [1.54, 1.807) is 11.0 Å². The first kappa shape index (κ1) is 13.3. The Morgan fingerprint density at radius 1 is 1.14 bits per heavy atom. The van der Waals surface area contributed by atoms with Crippen molar-refractivity contribution in [3.8, 4) is 0 Å². The van der Waals surface area contributed by atoms with Gasteiger partial charge in [0, 0.05) is 13.0 Å². The fourth-order valence-corrected chi connectivity index (χ4v) is 3.08. The number of para-hydroxylation sites is 3. The molecule has 1 aromatic heterocycles. The highest BCUT2D eigenvalue weighted by molar-refractivity contribution is 6.33. The third kappa shape index (κ3) is 2.16. The lowest BCUT2D eigenvalue weighted by molar-refractivity contribution is -0.117. The Kier molecular flexibility index (Phi) is 3.12. The van der Waals surface area contributed by atoms with E-state index in [9.17, 15) is 4.79 Å². The molecule has 0 N–H and O–H groups in total. The standard InChI is InChI=1S/C17H13ClN2O2/c18-12-5-1-3-7-14(12)20-10-11(9-16(20)21)17-19-13-6-2-4-8-15(13)22-17/h1-8,11H,9-10H2/t11-/m1/s1. The number of nitrogens with zero attached hydrogens (tertiary/aromatic N) is 2. The van der Waals surface area contributed by atoms with E-state index in [-0.39, 0.29) is 11.8 Å². The molecule has 0 unspecified atom stereocenters. The summed E-state index contributed by atoms with van der Waals surface area (Å²) in [5, 5.41) is 0.578. The summed E-state index contributed by atoms with van der Waals surface area (Å²) in [6.45, 7) is 0.537. The van der Waals surface area contributed by atoms with Crippen LogP contribution < -0.4 is 4.90 Å². The van der Waals surface area contributed by atoms with Crippen molar-refractivity contribution in [1.82, 2.24) is 4.98 Å². The number of amides is 1. The van der Waals surface area contributed by atoms with Crippen LogP contribution in [0, 0.1) is 0 Å². The molecule has 2 heterocycles. The number of carbonyl (C=O) groups excluding carboxylic acids is 1. The van der Waals surface area contributed by atoms with Crippen LogP contribution in [0.25, 0.3) is 11.1 Å². The minimum absolute atomic E-state index is 0.0420. The van der Waals surface area contributed by atoms with Gasteiger partial charge in [-0.15, -0.1) is 0 Å². The number of aromatic nitrogens is 1. The Hall–Kier alpha value is -2.33. The van der Waals surface area contributed by atoms with Crippen molar-refractivity contribution in [2.75, 3.05) is 11.4 Å². The van der Waals surface area contributed by atoms with Crippen LogP contribution in [0.15, 0.2) is 52.9 Å². The second kappa shape index (κ2) is 5.14. The number of carbonyl (C=O) groups is 1. The zero-order valence-electron chi connectivity index (χ0n) is 11.7. The van der Waals surface area contributed by atoms with Gasteiger partial charge in [-0.1, -0.05) is 35.9 Å². The van der Waals surface area contributed by atoms with Crippen LogP contribution >= 0.6 is 11.6 Å². The highest BCUT2D eigenvalue weighted by Crippen LogP contribution is 2.35. The Balaban J connectivity index is 1.66. The van der Waals surface area contributed by atoms with Crippen molar-refractivity contribution < 1.29 is 9.21 Å². The van der Waals surface area contributed by atoms with Gasteiger partial charge in [0.15, 0.2) is 5.58 Å². The summed E-state index contributed by atoms with van der Waals surface area (Å²) in [4.78, 5) is 18.5. The molecule has 3 aromatic rings. The van der Waals surface area contributed by atoms with Crippen molar-refractivity contribution in [2.45, 2.75) is 12.3 Å². The van der Waals surface area contributed by atoms with Crippen LogP contribution in [0.4, 0.5) is 5.69 Å². The molecule has 2 aromatic carbocycles. The molecule has 1 fully saturated rings. The normalized spacial score (nSPS) is 18.3. The summed E-state index contributed by atoms with van der Waals surface area (Å²) < 4.78 is 5.79. The van der Waals surface area contributed by atoms with Crippen LogP contribution in [-0.2, 0) is 4.79 Å². The number of rotatable bonds is 2. The van der Waals surface area contributed by atoms with Gasteiger partial charge < -0.3 is 9.32 Å². The van der Waals surface area contributed by atoms with E-state index < -0.39 is 0 Å². The molecule has 1 amide bonds. The second-order valence-corrected chi connectivity index (χ2v) is 5.78. The summed E-state index contributed by atoms with van der Waals surface area (Å²) in [7, 11) is 0. The summed E-state index contributed by atoms with van der Waals surface area (Å²) in [6.07, 6.45) is 0.387. The Labute approximate surface area is 132 Å². The van der Waals surface area contributed by atoms with Crippen LogP contribution in [0.1, 0.15) is 18.2 Å². The average molecular weight is 313 g/mol. The maximum atomic E-state index is 12.3. The minimum atomic E-state index is -0.0452. The highest BCUT2D eigenvalue weighted by atomic mass is 35.5. The molecule has 5 heteroatoms. The largest absolute Gasteiger partial charge is 0.440 e. The first-order valence-electron chi connectivity index (χ1n) is 7.13. The molecule has 1 atom stereocenters. The lowest BCUT2D eigenvalue weighted by Gasteiger charge is -2.17. The van der Waals surface area contributed by atoms with Crippen molar-refractivity contribution >= 4 is 34.3 Å². The van der Waals surface area contributed by atoms with E-state index >= 15 is 0 Å². The fourth-order valence-electron chi connectivity index (χ4n) is 2.84. The zero-order valence-corrected chi connectivity index (χ0v) is 12.5. The maximum absolute atomic E-state index is 12.3. The number of benzene rings is 2. The van der Waals surface area contributed by atoms with E-state index in [0.717, 1.165) is 16.8 Å². The molecule has 0 spiro atoms. The molecule has 1 saturated heterocycles. The quantitative estimate of drug-likeness (QED) is 0.718. The summed E-state index contributed by atoms with van der Waals surface area (Å²) in [6, 6.07) is 15.0. The van der Waals surface area contributed by atoms with Gasteiger partial charge in [-0.25, -0.2) is 4.98 Å². The number of hydrogen-bond donors (Lipinski definition) is 0. The minimum Gasteiger partial charge on any atom is -0.440 e. The van der Waals surface area contributed by atoms with E-state index in [1.165, 1.54) is 0 Å². The van der Waals surface area contributed by atoms with Crippen LogP contribution in [0.3, 0.4) is 0 Å². The average Bonchev–Trinajstić information content (AvgIpc) is 3.11. The van der Waals surface area contributed by atoms with Gasteiger partial charge in [-0.3, -0.25) is 4.79 Å².